The van der Waals surface area contributed by atoms with E-state index < -0.39 is 23.6 Å². The van der Waals surface area contributed by atoms with Crippen molar-refractivity contribution in [3.05, 3.63) is 101 Å². The van der Waals surface area contributed by atoms with Gasteiger partial charge in [0.05, 0.1) is 18.8 Å². The van der Waals surface area contributed by atoms with Crippen LogP contribution >= 0.6 is 0 Å². The third-order valence-electron chi connectivity index (χ3n) is 6.07. The molecule has 0 saturated carbocycles. The van der Waals surface area contributed by atoms with Crippen LogP contribution in [0.15, 0.2) is 78.9 Å². The minimum Gasteiger partial charge on any atom is -0.379 e. The first-order valence-electron chi connectivity index (χ1n) is 11.7. The molecule has 1 aliphatic rings. The van der Waals surface area contributed by atoms with Crippen molar-refractivity contribution in [3.8, 4) is 0 Å². The van der Waals surface area contributed by atoms with Crippen LogP contribution in [0.5, 0.6) is 0 Å². The number of morpholine rings is 1. The first-order valence-corrected chi connectivity index (χ1v) is 11.7. The van der Waals surface area contributed by atoms with Gasteiger partial charge in [-0.25, -0.2) is 14.2 Å². The second-order valence-electron chi connectivity index (χ2n) is 8.51. The first kappa shape index (κ1) is 25.7. The van der Waals surface area contributed by atoms with E-state index in [4.69, 9.17) is 4.74 Å². The Bertz CT molecular complexity index is 1100. The van der Waals surface area contributed by atoms with Crippen LogP contribution in [-0.2, 0) is 10.9 Å². The summed E-state index contributed by atoms with van der Waals surface area (Å²) >= 11 is 0. The SMILES string of the molecule is O=C(Nc1cc(F)cc(C(F)(F)F)c1)N(CCC(c1ccccc1)c1ccccc1)N1CCOCC1. The zero-order chi connectivity index (χ0) is 25.5. The molecule has 0 aromatic heterocycles. The number of nitrogens with one attached hydrogen (secondary N) is 1. The fourth-order valence-electron chi connectivity index (χ4n) is 4.33. The summed E-state index contributed by atoms with van der Waals surface area (Å²) in [6, 6.07) is 21.2. The number of ether oxygens (including phenoxy) is 1. The van der Waals surface area contributed by atoms with E-state index in [0.29, 0.717) is 45.3 Å². The molecule has 0 unspecified atom stereocenters. The number of hydrazine groups is 1. The highest BCUT2D eigenvalue weighted by Gasteiger charge is 2.32. The largest absolute Gasteiger partial charge is 0.416 e. The minimum atomic E-state index is -4.73. The number of amides is 2. The van der Waals surface area contributed by atoms with Gasteiger partial charge in [0.15, 0.2) is 0 Å². The Morgan fingerprint density at radius 3 is 2.08 bits per heavy atom. The van der Waals surface area contributed by atoms with Crippen LogP contribution < -0.4 is 5.32 Å². The number of hydrogen-bond donors (Lipinski definition) is 1. The lowest BCUT2D eigenvalue weighted by atomic mass is 9.88. The normalized spacial score (nSPS) is 14.6. The average molecular weight is 502 g/mol. The van der Waals surface area contributed by atoms with E-state index in [1.54, 1.807) is 0 Å². The highest BCUT2D eigenvalue weighted by Crippen LogP contribution is 2.32. The molecule has 1 fully saturated rings. The summed E-state index contributed by atoms with van der Waals surface area (Å²) in [4.78, 5) is 13.3. The lowest BCUT2D eigenvalue weighted by Crippen LogP contribution is -2.53. The number of anilines is 1. The summed E-state index contributed by atoms with van der Waals surface area (Å²) in [6.45, 7) is 2.03. The van der Waals surface area contributed by atoms with Crippen molar-refractivity contribution in [1.29, 1.82) is 0 Å². The molecule has 3 aromatic rings. The van der Waals surface area contributed by atoms with Gasteiger partial charge in [-0.05, 0) is 35.7 Å². The third-order valence-corrected chi connectivity index (χ3v) is 6.07. The predicted molar refractivity (Wildman–Crippen MR) is 129 cm³/mol. The summed E-state index contributed by atoms with van der Waals surface area (Å²) in [5, 5.41) is 5.76. The van der Waals surface area contributed by atoms with Crippen LogP contribution in [0.3, 0.4) is 0 Å². The van der Waals surface area contributed by atoms with Gasteiger partial charge in [0.25, 0.3) is 0 Å². The van der Waals surface area contributed by atoms with Crippen molar-refractivity contribution in [2.45, 2.75) is 18.5 Å². The molecule has 0 bridgehead atoms. The fourth-order valence-corrected chi connectivity index (χ4v) is 4.33. The van der Waals surface area contributed by atoms with Crippen LogP contribution in [0, 0.1) is 5.82 Å². The maximum atomic E-state index is 13.9. The van der Waals surface area contributed by atoms with Gasteiger partial charge in [-0.15, -0.1) is 0 Å². The van der Waals surface area contributed by atoms with Crippen molar-refractivity contribution < 1.29 is 27.1 Å². The molecular formula is C27H27F4N3O2. The van der Waals surface area contributed by atoms with E-state index in [9.17, 15) is 22.4 Å². The Morgan fingerprint density at radius 2 is 1.53 bits per heavy atom. The number of hydrogen-bond acceptors (Lipinski definition) is 3. The van der Waals surface area contributed by atoms with Crippen molar-refractivity contribution in [3.63, 3.8) is 0 Å². The second-order valence-corrected chi connectivity index (χ2v) is 8.51. The molecule has 0 atom stereocenters. The van der Waals surface area contributed by atoms with Gasteiger partial charge < -0.3 is 10.1 Å². The maximum absolute atomic E-state index is 13.9. The Kier molecular flexibility index (Phi) is 8.22. The summed E-state index contributed by atoms with van der Waals surface area (Å²) in [5.74, 6) is -1.08. The summed E-state index contributed by atoms with van der Waals surface area (Å²) in [6.07, 6.45) is -4.17. The molecule has 36 heavy (non-hydrogen) atoms. The number of carbonyl (C=O) groups is 1. The minimum absolute atomic E-state index is 0.00487. The van der Waals surface area contributed by atoms with Gasteiger partial charge in [-0.2, -0.15) is 13.2 Å². The van der Waals surface area contributed by atoms with Crippen molar-refractivity contribution in [2.24, 2.45) is 0 Å². The molecule has 1 aliphatic heterocycles. The summed E-state index contributed by atoms with van der Waals surface area (Å²) in [7, 11) is 0. The zero-order valence-electron chi connectivity index (χ0n) is 19.5. The number of halogens is 4. The van der Waals surface area contributed by atoms with Crippen molar-refractivity contribution in [1.82, 2.24) is 10.0 Å². The molecule has 4 rings (SSSR count). The van der Waals surface area contributed by atoms with Gasteiger partial charge in [0, 0.05) is 31.2 Å². The standard InChI is InChI=1S/C27H27F4N3O2/c28-23-17-22(27(29,30)31)18-24(19-23)32-26(35)34(33-13-15-36-16-14-33)12-11-25(20-7-3-1-4-8-20)21-9-5-2-6-10-21/h1-10,17-19,25H,11-16H2,(H,32,35). The average Bonchev–Trinajstić information content (AvgIpc) is 2.87. The smallest absolute Gasteiger partial charge is 0.379 e. The van der Waals surface area contributed by atoms with Gasteiger partial charge in [0.1, 0.15) is 5.82 Å². The van der Waals surface area contributed by atoms with Gasteiger partial charge in [-0.1, -0.05) is 60.7 Å². The molecule has 9 heteroatoms. The maximum Gasteiger partial charge on any atom is 0.416 e. The molecule has 1 saturated heterocycles. The van der Waals surface area contributed by atoms with Crippen LogP contribution in [0.4, 0.5) is 28.0 Å². The number of alkyl halides is 3. The van der Waals surface area contributed by atoms with Gasteiger partial charge >= 0.3 is 12.2 Å². The van der Waals surface area contributed by atoms with E-state index in [1.165, 1.54) is 5.01 Å². The molecule has 0 spiro atoms. The molecule has 0 radical (unpaired) electrons. The molecule has 1 N–H and O–H groups in total. The Hall–Kier alpha value is -3.43. The van der Waals surface area contributed by atoms with Gasteiger partial charge in [0.2, 0.25) is 0 Å². The van der Waals surface area contributed by atoms with Crippen LogP contribution in [0.2, 0.25) is 0 Å². The van der Waals surface area contributed by atoms with E-state index in [-0.39, 0.29) is 11.6 Å². The molecule has 5 nitrogen and oxygen atoms in total. The van der Waals surface area contributed by atoms with E-state index in [2.05, 4.69) is 5.32 Å². The molecular weight excluding hydrogens is 474 g/mol. The number of urea groups is 1. The monoisotopic (exact) mass is 501 g/mol. The van der Waals surface area contributed by atoms with Crippen LogP contribution in [0.1, 0.15) is 29.0 Å². The Morgan fingerprint density at radius 1 is 0.944 bits per heavy atom. The fraction of sp³-hybridized carbons (Fsp3) is 0.296. The van der Waals surface area contributed by atoms with E-state index in [1.807, 2.05) is 65.7 Å². The molecule has 1 heterocycles. The molecule has 3 aromatic carbocycles. The van der Waals surface area contributed by atoms with Crippen molar-refractivity contribution in [2.75, 3.05) is 38.2 Å². The van der Waals surface area contributed by atoms with Crippen LogP contribution in [0.25, 0.3) is 0 Å². The Labute approximate surface area is 207 Å². The number of rotatable bonds is 7. The predicted octanol–water partition coefficient (Wildman–Crippen LogP) is 6.15. The highest BCUT2D eigenvalue weighted by molar-refractivity contribution is 5.89. The van der Waals surface area contributed by atoms with E-state index >= 15 is 0 Å². The molecule has 0 aliphatic carbocycles. The lowest BCUT2D eigenvalue weighted by Gasteiger charge is -2.38. The number of nitrogens with zero attached hydrogens (tertiary/aromatic N) is 2. The second kappa shape index (κ2) is 11.5. The summed E-state index contributed by atoms with van der Waals surface area (Å²) < 4.78 is 58.8. The summed E-state index contributed by atoms with van der Waals surface area (Å²) in [5.41, 5.74) is 0.758. The van der Waals surface area contributed by atoms with Gasteiger partial charge in [-0.3, -0.25) is 5.01 Å². The van der Waals surface area contributed by atoms with E-state index in [0.717, 1.165) is 23.3 Å². The number of carbonyl (C=O) groups excluding carboxylic acids is 1. The number of benzene rings is 3. The molecule has 2 amide bonds. The van der Waals surface area contributed by atoms with Crippen molar-refractivity contribution >= 4 is 11.7 Å². The lowest BCUT2D eigenvalue weighted by molar-refractivity contribution is -0.137. The Balaban J connectivity index is 1.57. The van der Waals surface area contributed by atoms with Crippen LogP contribution in [-0.4, -0.2) is 48.9 Å². The molecule has 190 valence electrons. The quantitative estimate of drug-likeness (QED) is 0.395. The first-order chi connectivity index (χ1) is 17.3. The topological polar surface area (TPSA) is 44.8 Å². The third kappa shape index (κ3) is 6.61. The highest BCUT2D eigenvalue weighted by atomic mass is 19.4. The zero-order valence-corrected chi connectivity index (χ0v) is 19.5.